The number of hydrogen-bond acceptors (Lipinski definition) is 3. The van der Waals surface area contributed by atoms with Crippen molar-refractivity contribution in [2.24, 2.45) is 0 Å². The van der Waals surface area contributed by atoms with Gasteiger partial charge in [-0.3, -0.25) is 4.79 Å². The van der Waals surface area contributed by atoms with Gasteiger partial charge in [-0.1, -0.05) is 0 Å². The molecule has 0 heterocycles. The zero-order valence-electron chi connectivity index (χ0n) is 9.18. The molecular formula is C10H21N3O. The highest BCUT2D eigenvalue weighted by atomic mass is 16.1. The average molecular weight is 199 g/mol. The number of nitrogens with zero attached hydrogens (tertiary/aromatic N) is 1. The lowest BCUT2D eigenvalue weighted by molar-refractivity contribution is -0.121. The van der Waals surface area contributed by atoms with Crippen molar-refractivity contribution < 1.29 is 4.79 Å². The molecule has 0 atom stereocenters. The molecule has 0 aromatic rings. The Kier molecular flexibility index (Phi) is 4.90. The van der Waals surface area contributed by atoms with Gasteiger partial charge in [0.1, 0.15) is 0 Å². The predicted molar refractivity (Wildman–Crippen MR) is 57.2 cm³/mol. The van der Waals surface area contributed by atoms with E-state index in [0.717, 1.165) is 25.7 Å². The zero-order chi connectivity index (χ0) is 10.4. The van der Waals surface area contributed by atoms with Crippen LogP contribution in [0.1, 0.15) is 19.3 Å². The second kappa shape index (κ2) is 5.98. The molecule has 1 amide bonds. The number of carbonyl (C=O) groups excluding carboxylic acids is 1. The molecule has 0 aromatic heterocycles. The Labute approximate surface area is 86.0 Å². The summed E-state index contributed by atoms with van der Waals surface area (Å²) in [6, 6.07) is 0.782. The van der Waals surface area contributed by atoms with E-state index in [1.54, 1.807) is 0 Å². The van der Waals surface area contributed by atoms with Crippen molar-refractivity contribution in [1.29, 1.82) is 0 Å². The second-order valence-corrected chi connectivity index (χ2v) is 3.92. The molecule has 0 bridgehead atoms. The number of carbonyl (C=O) groups is 1. The van der Waals surface area contributed by atoms with Crippen LogP contribution in [-0.2, 0) is 4.79 Å². The van der Waals surface area contributed by atoms with Crippen LogP contribution < -0.4 is 10.6 Å². The molecule has 0 spiro atoms. The van der Waals surface area contributed by atoms with Crippen molar-refractivity contribution in [1.82, 2.24) is 15.5 Å². The Bertz CT molecular complexity index is 180. The van der Waals surface area contributed by atoms with Crippen LogP contribution in [0.3, 0.4) is 0 Å². The first-order chi connectivity index (χ1) is 6.74. The highest BCUT2D eigenvalue weighted by Crippen LogP contribution is 2.24. The fourth-order valence-corrected chi connectivity index (χ4v) is 1.40. The summed E-state index contributed by atoms with van der Waals surface area (Å²) in [5.74, 6) is 0.142. The first-order valence-corrected chi connectivity index (χ1v) is 5.35. The average Bonchev–Trinajstić information content (AvgIpc) is 2.97. The SMILES string of the molecule is CNCCC(=O)NCCN(C)C1CC1. The fourth-order valence-electron chi connectivity index (χ4n) is 1.40. The zero-order valence-corrected chi connectivity index (χ0v) is 9.18. The number of amides is 1. The van der Waals surface area contributed by atoms with Crippen LogP contribution in [-0.4, -0.2) is 50.6 Å². The molecule has 1 saturated carbocycles. The third-order valence-corrected chi connectivity index (χ3v) is 2.56. The predicted octanol–water partition coefficient (Wildman–Crippen LogP) is -0.194. The molecule has 82 valence electrons. The molecule has 2 N–H and O–H groups in total. The molecule has 1 aliphatic rings. The van der Waals surface area contributed by atoms with Crippen molar-refractivity contribution >= 4 is 5.91 Å². The van der Waals surface area contributed by atoms with Gasteiger partial charge in [0.25, 0.3) is 0 Å². The van der Waals surface area contributed by atoms with E-state index in [-0.39, 0.29) is 5.91 Å². The minimum absolute atomic E-state index is 0.142. The fraction of sp³-hybridized carbons (Fsp3) is 0.900. The Hall–Kier alpha value is -0.610. The first kappa shape index (κ1) is 11.5. The minimum atomic E-state index is 0.142. The summed E-state index contributed by atoms with van der Waals surface area (Å²) >= 11 is 0. The van der Waals surface area contributed by atoms with Gasteiger partial charge in [0, 0.05) is 32.1 Å². The first-order valence-electron chi connectivity index (χ1n) is 5.35. The van der Waals surface area contributed by atoms with Crippen molar-refractivity contribution in [3.05, 3.63) is 0 Å². The van der Waals surface area contributed by atoms with Crippen LogP contribution in [0.4, 0.5) is 0 Å². The maximum atomic E-state index is 11.2. The summed E-state index contributed by atoms with van der Waals surface area (Å²) in [5.41, 5.74) is 0. The maximum absolute atomic E-state index is 11.2. The van der Waals surface area contributed by atoms with E-state index in [9.17, 15) is 4.79 Å². The second-order valence-electron chi connectivity index (χ2n) is 3.92. The number of nitrogens with one attached hydrogen (secondary N) is 2. The molecule has 1 aliphatic carbocycles. The van der Waals surface area contributed by atoms with E-state index in [0.29, 0.717) is 6.42 Å². The highest BCUT2D eigenvalue weighted by molar-refractivity contribution is 5.76. The largest absolute Gasteiger partial charge is 0.355 e. The number of hydrogen-bond donors (Lipinski definition) is 2. The number of likely N-dealkylation sites (N-methyl/N-ethyl adjacent to an activating group) is 1. The summed E-state index contributed by atoms with van der Waals surface area (Å²) in [4.78, 5) is 13.5. The Morgan fingerprint density at radius 3 is 2.71 bits per heavy atom. The molecule has 0 saturated heterocycles. The lowest BCUT2D eigenvalue weighted by Gasteiger charge is -2.15. The molecule has 0 aromatic carbocycles. The van der Waals surface area contributed by atoms with Gasteiger partial charge in [0.2, 0.25) is 5.91 Å². The summed E-state index contributed by atoms with van der Waals surface area (Å²) < 4.78 is 0. The van der Waals surface area contributed by atoms with Gasteiger partial charge in [0.05, 0.1) is 0 Å². The Morgan fingerprint density at radius 2 is 2.14 bits per heavy atom. The summed E-state index contributed by atoms with van der Waals surface area (Å²) in [6.07, 6.45) is 3.22. The Morgan fingerprint density at radius 1 is 1.43 bits per heavy atom. The standard InChI is InChI=1S/C10H21N3O/c1-11-6-5-10(14)12-7-8-13(2)9-3-4-9/h9,11H,3-8H2,1-2H3,(H,12,14). The van der Waals surface area contributed by atoms with Crippen LogP contribution in [0.15, 0.2) is 0 Å². The molecule has 1 fully saturated rings. The third kappa shape index (κ3) is 4.58. The van der Waals surface area contributed by atoms with Crippen LogP contribution in [0, 0.1) is 0 Å². The Balaban J connectivity index is 1.94. The molecule has 14 heavy (non-hydrogen) atoms. The molecule has 0 aliphatic heterocycles. The van der Waals surface area contributed by atoms with Gasteiger partial charge >= 0.3 is 0 Å². The molecule has 1 rings (SSSR count). The van der Waals surface area contributed by atoms with Crippen LogP contribution in [0.2, 0.25) is 0 Å². The highest BCUT2D eigenvalue weighted by Gasteiger charge is 2.25. The van der Waals surface area contributed by atoms with Gasteiger partial charge in [-0.15, -0.1) is 0 Å². The van der Waals surface area contributed by atoms with Gasteiger partial charge in [-0.2, -0.15) is 0 Å². The smallest absolute Gasteiger partial charge is 0.221 e. The summed E-state index contributed by atoms with van der Waals surface area (Å²) in [6.45, 7) is 2.50. The summed E-state index contributed by atoms with van der Waals surface area (Å²) in [7, 11) is 3.98. The molecule has 0 radical (unpaired) electrons. The van der Waals surface area contributed by atoms with E-state index >= 15 is 0 Å². The van der Waals surface area contributed by atoms with Crippen LogP contribution in [0.5, 0.6) is 0 Å². The van der Waals surface area contributed by atoms with Gasteiger partial charge in [-0.25, -0.2) is 0 Å². The number of rotatable bonds is 7. The van der Waals surface area contributed by atoms with Gasteiger partial charge in [0.15, 0.2) is 0 Å². The van der Waals surface area contributed by atoms with E-state index < -0.39 is 0 Å². The van der Waals surface area contributed by atoms with E-state index in [1.807, 2.05) is 7.05 Å². The summed E-state index contributed by atoms with van der Waals surface area (Å²) in [5, 5.41) is 5.87. The monoisotopic (exact) mass is 199 g/mol. The minimum Gasteiger partial charge on any atom is -0.355 e. The molecule has 4 heteroatoms. The van der Waals surface area contributed by atoms with E-state index in [4.69, 9.17) is 0 Å². The quantitative estimate of drug-likeness (QED) is 0.597. The van der Waals surface area contributed by atoms with Crippen LogP contribution in [0.25, 0.3) is 0 Å². The van der Waals surface area contributed by atoms with Gasteiger partial charge in [-0.05, 0) is 26.9 Å². The lowest BCUT2D eigenvalue weighted by atomic mass is 10.4. The maximum Gasteiger partial charge on any atom is 0.221 e. The normalized spacial score (nSPS) is 15.9. The molecule has 4 nitrogen and oxygen atoms in total. The van der Waals surface area contributed by atoms with Gasteiger partial charge < -0.3 is 15.5 Å². The van der Waals surface area contributed by atoms with E-state index in [2.05, 4.69) is 22.6 Å². The van der Waals surface area contributed by atoms with Crippen LogP contribution >= 0.6 is 0 Å². The third-order valence-electron chi connectivity index (χ3n) is 2.56. The lowest BCUT2D eigenvalue weighted by Crippen LogP contribution is -2.34. The van der Waals surface area contributed by atoms with Crippen molar-refractivity contribution in [2.75, 3.05) is 33.7 Å². The van der Waals surface area contributed by atoms with E-state index in [1.165, 1.54) is 12.8 Å². The topological polar surface area (TPSA) is 44.4 Å². The van der Waals surface area contributed by atoms with Crippen molar-refractivity contribution in [3.8, 4) is 0 Å². The van der Waals surface area contributed by atoms with Crippen molar-refractivity contribution in [3.63, 3.8) is 0 Å². The molecular weight excluding hydrogens is 178 g/mol. The molecule has 0 unspecified atom stereocenters. The van der Waals surface area contributed by atoms with Crippen molar-refractivity contribution in [2.45, 2.75) is 25.3 Å².